The molecule has 2 rings (SSSR count). The molecule has 2 aliphatic rings. The van der Waals surface area contributed by atoms with Gasteiger partial charge < -0.3 is 25.0 Å². The molecule has 8 heteroatoms. The average molecular weight is 246 g/mol. The van der Waals surface area contributed by atoms with Crippen molar-refractivity contribution in [1.82, 2.24) is 10.6 Å². The van der Waals surface area contributed by atoms with Gasteiger partial charge in [-0.15, -0.1) is 0 Å². The summed E-state index contributed by atoms with van der Waals surface area (Å²) in [4.78, 5) is 22.7. The fraction of sp³-hybridized carbons (Fsp3) is 0.778. The van der Waals surface area contributed by atoms with Crippen LogP contribution in [0.3, 0.4) is 0 Å². The van der Waals surface area contributed by atoms with Gasteiger partial charge in [0.15, 0.2) is 6.29 Å². The molecule has 2 aliphatic heterocycles. The van der Waals surface area contributed by atoms with Gasteiger partial charge in [-0.25, -0.2) is 4.79 Å². The van der Waals surface area contributed by atoms with Crippen LogP contribution in [0.4, 0.5) is 4.79 Å². The molecule has 3 amide bonds. The summed E-state index contributed by atoms with van der Waals surface area (Å²) >= 11 is 0. The molecule has 96 valence electrons. The molecule has 0 aromatic rings. The summed E-state index contributed by atoms with van der Waals surface area (Å²) in [7, 11) is 1.30. The first-order chi connectivity index (χ1) is 7.90. The molecule has 5 atom stereocenters. The second-order valence-electron chi connectivity index (χ2n) is 4.25. The van der Waals surface area contributed by atoms with Crippen molar-refractivity contribution in [3.63, 3.8) is 0 Å². The molecular weight excluding hydrogens is 232 g/mol. The number of ether oxygens (including phenoxy) is 2. The Balaban J connectivity index is 2.23. The van der Waals surface area contributed by atoms with E-state index in [4.69, 9.17) is 9.47 Å². The fourth-order valence-corrected chi connectivity index (χ4v) is 2.08. The highest BCUT2D eigenvalue weighted by Crippen LogP contribution is 2.31. The van der Waals surface area contributed by atoms with Gasteiger partial charge in [-0.1, -0.05) is 0 Å². The quantitative estimate of drug-likeness (QED) is 0.406. The number of hydrogen-bond donors (Lipinski definition) is 4. The number of imide groups is 1. The van der Waals surface area contributed by atoms with Crippen LogP contribution in [0.25, 0.3) is 0 Å². The van der Waals surface area contributed by atoms with Crippen LogP contribution in [0.2, 0.25) is 0 Å². The molecule has 17 heavy (non-hydrogen) atoms. The van der Waals surface area contributed by atoms with Crippen molar-refractivity contribution in [3.8, 4) is 0 Å². The van der Waals surface area contributed by atoms with E-state index < -0.39 is 42.1 Å². The summed E-state index contributed by atoms with van der Waals surface area (Å²) in [6.07, 6.45) is -4.70. The van der Waals surface area contributed by atoms with Crippen LogP contribution >= 0.6 is 0 Å². The maximum absolute atomic E-state index is 11.6. The highest BCUT2D eigenvalue weighted by molar-refractivity contribution is 6.07. The monoisotopic (exact) mass is 246 g/mol. The zero-order chi connectivity index (χ0) is 12.8. The van der Waals surface area contributed by atoms with Crippen molar-refractivity contribution in [3.05, 3.63) is 0 Å². The zero-order valence-electron chi connectivity index (χ0n) is 9.34. The topological polar surface area (TPSA) is 117 Å². The number of methoxy groups -OCH3 is 1. The first-order valence-electron chi connectivity index (χ1n) is 5.08. The molecule has 0 radical (unpaired) electrons. The predicted octanol–water partition coefficient (Wildman–Crippen LogP) is -2.32. The van der Waals surface area contributed by atoms with Crippen molar-refractivity contribution in [1.29, 1.82) is 0 Å². The summed E-state index contributed by atoms with van der Waals surface area (Å²) in [5.41, 5.74) is -1.43. The van der Waals surface area contributed by atoms with Crippen LogP contribution in [0.15, 0.2) is 0 Å². The third-order valence-electron chi connectivity index (χ3n) is 3.09. The number of rotatable bonds is 2. The Labute approximate surface area is 96.9 Å². The van der Waals surface area contributed by atoms with Crippen molar-refractivity contribution in [2.75, 3.05) is 7.11 Å². The maximum atomic E-state index is 11.6. The number of nitrogens with one attached hydrogen (secondary N) is 2. The lowest BCUT2D eigenvalue weighted by molar-refractivity contribution is -0.162. The molecule has 4 N–H and O–H groups in total. The average Bonchev–Trinajstić information content (AvgIpc) is 2.68. The number of amides is 3. The van der Waals surface area contributed by atoms with Gasteiger partial charge >= 0.3 is 6.03 Å². The van der Waals surface area contributed by atoms with E-state index in [1.807, 2.05) is 5.32 Å². The molecule has 2 saturated heterocycles. The minimum Gasteiger partial charge on any atom is -0.387 e. The number of aliphatic hydroxyl groups is 2. The van der Waals surface area contributed by atoms with Crippen molar-refractivity contribution < 1.29 is 29.3 Å². The summed E-state index contributed by atoms with van der Waals surface area (Å²) in [6, 6.07) is -0.663. The Bertz CT molecular complexity index is 361. The highest BCUT2D eigenvalue weighted by atomic mass is 16.7. The molecular formula is C9H14N2O6. The second kappa shape index (κ2) is 3.91. The van der Waals surface area contributed by atoms with Gasteiger partial charge in [-0.05, 0) is 6.92 Å². The minimum atomic E-state index is -1.43. The molecule has 0 aromatic carbocycles. The van der Waals surface area contributed by atoms with Crippen LogP contribution in [-0.4, -0.2) is 59.4 Å². The number of aliphatic hydroxyl groups excluding tert-OH is 2. The van der Waals surface area contributed by atoms with E-state index in [0.717, 1.165) is 0 Å². The lowest BCUT2D eigenvalue weighted by atomic mass is 9.90. The van der Waals surface area contributed by atoms with Gasteiger partial charge in [0.1, 0.15) is 23.9 Å². The summed E-state index contributed by atoms with van der Waals surface area (Å²) < 4.78 is 10.1. The largest absolute Gasteiger partial charge is 0.387 e. The first-order valence-corrected chi connectivity index (χ1v) is 5.08. The summed E-state index contributed by atoms with van der Waals surface area (Å²) in [5.74, 6) is -0.615. The smallest absolute Gasteiger partial charge is 0.322 e. The maximum Gasteiger partial charge on any atom is 0.322 e. The third-order valence-corrected chi connectivity index (χ3v) is 3.09. The second-order valence-corrected chi connectivity index (χ2v) is 4.25. The van der Waals surface area contributed by atoms with Crippen molar-refractivity contribution in [2.24, 2.45) is 0 Å². The Morgan fingerprint density at radius 3 is 2.41 bits per heavy atom. The minimum absolute atomic E-state index is 0.615. The van der Waals surface area contributed by atoms with Crippen LogP contribution < -0.4 is 10.6 Å². The molecule has 0 saturated carbocycles. The van der Waals surface area contributed by atoms with Crippen LogP contribution in [0.1, 0.15) is 6.92 Å². The Hall–Kier alpha value is -1.22. The van der Waals surface area contributed by atoms with E-state index in [0.29, 0.717) is 0 Å². The molecule has 0 unspecified atom stereocenters. The molecule has 0 spiro atoms. The van der Waals surface area contributed by atoms with Gasteiger partial charge in [0.2, 0.25) is 0 Å². The molecule has 8 nitrogen and oxygen atoms in total. The molecule has 0 aromatic heterocycles. The van der Waals surface area contributed by atoms with E-state index in [1.54, 1.807) is 0 Å². The lowest BCUT2D eigenvalue weighted by Crippen LogP contribution is -2.58. The van der Waals surface area contributed by atoms with Gasteiger partial charge in [0.25, 0.3) is 5.91 Å². The van der Waals surface area contributed by atoms with Crippen molar-refractivity contribution in [2.45, 2.75) is 37.1 Å². The lowest BCUT2D eigenvalue weighted by Gasteiger charge is -2.29. The molecule has 2 heterocycles. The highest BCUT2D eigenvalue weighted by Gasteiger charge is 2.58. The zero-order valence-corrected chi connectivity index (χ0v) is 9.34. The molecule has 2 fully saturated rings. The van der Waals surface area contributed by atoms with E-state index in [2.05, 4.69) is 5.32 Å². The standard InChI is InChI=1S/C9H14N2O6/c1-9(7(14)10-8(15)11-9)5-3(12)4(13)6(16-2)17-5/h3-6,12-13H,1-2H3,(H2,10,11,14,15)/t3-,4+,5+,6+,9-/m1/s1. The van der Waals surface area contributed by atoms with Gasteiger partial charge in [-0.2, -0.15) is 0 Å². The van der Waals surface area contributed by atoms with E-state index in [9.17, 15) is 19.8 Å². The van der Waals surface area contributed by atoms with Gasteiger partial charge in [-0.3, -0.25) is 10.1 Å². The number of urea groups is 1. The van der Waals surface area contributed by atoms with Gasteiger partial charge in [0, 0.05) is 7.11 Å². The number of carbonyl (C=O) groups is 2. The fourth-order valence-electron chi connectivity index (χ4n) is 2.08. The van der Waals surface area contributed by atoms with Crippen LogP contribution in [0.5, 0.6) is 0 Å². The first kappa shape index (κ1) is 12.2. The predicted molar refractivity (Wildman–Crippen MR) is 52.8 cm³/mol. The van der Waals surface area contributed by atoms with E-state index >= 15 is 0 Å². The molecule has 0 aliphatic carbocycles. The van der Waals surface area contributed by atoms with Crippen LogP contribution in [0, 0.1) is 0 Å². The van der Waals surface area contributed by atoms with Crippen LogP contribution in [-0.2, 0) is 14.3 Å². The summed E-state index contributed by atoms with van der Waals surface area (Å²) in [6.45, 7) is 1.41. The normalized spacial score (nSPS) is 45.9. The Morgan fingerprint density at radius 1 is 1.35 bits per heavy atom. The Morgan fingerprint density at radius 2 is 2.00 bits per heavy atom. The van der Waals surface area contributed by atoms with Crippen molar-refractivity contribution >= 4 is 11.9 Å². The number of carbonyl (C=O) groups excluding carboxylic acids is 2. The number of hydrogen-bond acceptors (Lipinski definition) is 6. The molecule has 0 bridgehead atoms. The summed E-state index contributed by atoms with van der Waals surface area (Å²) in [5, 5.41) is 23.8. The SMILES string of the molecule is CO[C@H]1O[C@H]([C@@]2(C)NC(=O)NC2=O)[C@H](O)[C@@H]1O. The third kappa shape index (κ3) is 1.69. The van der Waals surface area contributed by atoms with E-state index in [1.165, 1.54) is 14.0 Å². The van der Waals surface area contributed by atoms with E-state index in [-0.39, 0.29) is 0 Å². The van der Waals surface area contributed by atoms with Gasteiger partial charge in [0.05, 0.1) is 0 Å². The Kier molecular flexibility index (Phi) is 2.82.